The second kappa shape index (κ2) is 6.02. The van der Waals surface area contributed by atoms with Gasteiger partial charge in [-0.15, -0.1) is 0 Å². The van der Waals surface area contributed by atoms with Crippen LogP contribution in [-0.2, 0) is 11.3 Å². The van der Waals surface area contributed by atoms with Crippen LogP contribution in [0.25, 0.3) is 10.9 Å². The number of aromatic amines is 1. The highest BCUT2D eigenvalue weighted by atomic mass is 16.4. The first-order chi connectivity index (χ1) is 11.0. The fourth-order valence-corrected chi connectivity index (χ4v) is 3.48. The topological polar surface area (TPSA) is 92.2 Å². The summed E-state index contributed by atoms with van der Waals surface area (Å²) in [6.07, 6.45) is 2.68. The van der Waals surface area contributed by atoms with Gasteiger partial charge >= 0.3 is 11.7 Å². The number of aryl methyl sites for hydroxylation is 1. The largest absolute Gasteiger partial charge is 0.481 e. The van der Waals surface area contributed by atoms with E-state index in [2.05, 4.69) is 4.98 Å². The van der Waals surface area contributed by atoms with Crippen molar-refractivity contribution >= 4 is 16.9 Å². The van der Waals surface area contributed by atoms with Crippen molar-refractivity contribution in [2.75, 3.05) is 0 Å². The summed E-state index contributed by atoms with van der Waals surface area (Å²) < 4.78 is 1.26. The molecule has 0 spiro atoms. The molecular weight excluding hydrogens is 296 g/mol. The summed E-state index contributed by atoms with van der Waals surface area (Å²) in [6, 6.07) is 5.39. The molecule has 1 aromatic carbocycles. The first-order valence-electron chi connectivity index (χ1n) is 7.92. The summed E-state index contributed by atoms with van der Waals surface area (Å²) in [5.74, 6) is -0.870. The standard InChI is InChI=1S/C17H20N2O4/c1-10-3-2-4-13-14(10)15(20)19(17(23)18-13)9-11-5-7-12(8-6-11)16(21)22/h2-4,11-12H,5-9H2,1H3,(H,18,23)(H,21,22). The van der Waals surface area contributed by atoms with Gasteiger partial charge in [-0.3, -0.25) is 14.2 Å². The lowest BCUT2D eigenvalue weighted by molar-refractivity contribution is -0.143. The number of H-pyrrole nitrogens is 1. The number of carboxylic acids is 1. The fourth-order valence-electron chi connectivity index (χ4n) is 3.48. The van der Waals surface area contributed by atoms with Crippen LogP contribution in [0.1, 0.15) is 31.2 Å². The number of carboxylic acid groups (broad SMARTS) is 1. The van der Waals surface area contributed by atoms with Crippen LogP contribution < -0.4 is 11.2 Å². The molecule has 1 aliphatic rings. The Bertz CT molecular complexity index is 857. The van der Waals surface area contributed by atoms with Crippen LogP contribution in [0.15, 0.2) is 27.8 Å². The molecule has 1 fully saturated rings. The SMILES string of the molecule is Cc1cccc2[nH]c(=O)n(CC3CCC(C(=O)O)CC3)c(=O)c12. The molecular formula is C17H20N2O4. The van der Waals surface area contributed by atoms with Gasteiger partial charge in [0.1, 0.15) is 0 Å². The molecule has 1 aromatic heterocycles. The van der Waals surface area contributed by atoms with Crippen molar-refractivity contribution in [2.24, 2.45) is 11.8 Å². The predicted octanol–water partition coefficient (Wildman–Crippen LogP) is 1.89. The summed E-state index contributed by atoms with van der Waals surface area (Å²) in [5, 5.41) is 9.59. The summed E-state index contributed by atoms with van der Waals surface area (Å²) in [4.78, 5) is 38.7. The summed E-state index contributed by atoms with van der Waals surface area (Å²) >= 11 is 0. The fraction of sp³-hybridized carbons (Fsp3) is 0.471. The minimum Gasteiger partial charge on any atom is -0.481 e. The second-order valence-electron chi connectivity index (χ2n) is 6.40. The zero-order valence-electron chi connectivity index (χ0n) is 13.0. The highest BCUT2D eigenvalue weighted by Crippen LogP contribution is 2.29. The Labute approximate surface area is 132 Å². The maximum Gasteiger partial charge on any atom is 0.328 e. The zero-order chi connectivity index (χ0) is 16.6. The molecule has 1 aliphatic carbocycles. The molecule has 0 atom stereocenters. The van der Waals surface area contributed by atoms with E-state index in [-0.39, 0.29) is 17.4 Å². The Morgan fingerprint density at radius 3 is 2.61 bits per heavy atom. The van der Waals surface area contributed by atoms with E-state index in [9.17, 15) is 14.4 Å². The molecule has 1 saturated carbocycles. The molecule has 6 heteroatoms. The molecule has 2 aromatic rings. The number of fused-ring (bicyclic) bond motifs is 1. The summed E-state index contributed by atoms with van der Waals surface area (Å²) in [7, 11) is 0. The van der Waals surface area contributed by atoms with Crippen molar-refractivity contribution in [1.29, 1.82) is 0 Å². The lowest BCUT2D eigenvalue weighted by Gasteiger charge is -2.26. The average molecular weight is 316 g/mol. The van der Waals surface area contributed by atoms with Gasteiger partial charge in [-0.25, -0.2) is 4.79 Å². The van der Waals surface area contributed by atoms with E-state index >= 15 is 0 Å². The lowest BCUT2D eigenvalue weighted by Crippen LogP contribution is -2.38. The van der Waals surface area contributed by atoms with E-state index in [4.69, 9.17) is 5.11 Å². The van der Waals surface area contributed by atoms with E-state index in [1.54, 1.807) is 6.07 Å². The molecule has 2 N–H and O–H groups in total. The third-order valence-corrected chi connectivity index (χ3v) is 4.86. The molecule has 0 unspecified atom stereocenters. The van der Waals surface area contributed by atoms with Crippen LogP contribution >= 0.6 is 0 Å². The number of benzene rings is 1. The van der Waals surface area contributed by atoms with Gasteiger partial charge in [0.15, 0.2) is 0 Å². The minimum absolute atomic E-state index is 0.172. The second-order valence-corrected chi connectivity index (χ2v) is 6.40. The van der Waals surface area contributed by atoms with Gasteiger partial charge in [-0.2, -0.15) is 0 Å². The number of nitrogens with one attached hydrogen (secondary N) is 1. The summed E-state index contributed by atoms with van der Waals surface area (Å²) in [6.45, 7) is 2.20. The molecule has 0 saturated heterocycles. The van der Waals surface area contributed by atoms with E-state index < -0.39 is 11.7 Å². The maximum absolute atomic E-state index is 12.7. The number of rotatable bonds is 3. The van der Waals surface area contributed by atoms with Gasteiger partial charge < -0.3 is 10.1 Å². The first kappa shape index (κ1) is 15.5. The number of hydrogen-bond donors (Lipinski definition) is 2. The molecule has 0 amide bonds. The zero-order valence-corrected chi connectivity index (χ0v) is 13.0. The van der Waals surface area contributed by atoms with Crippen LogP contribution in [0.3, 0.4) is 0 Å². The molecule has 23 heavy (non-hydrogen) atoms. The van der Waals surface area contributed by atoms with Gasteiger partial charge in [-0.1, -0.05) is 12.1 Å². The van der Waals surface area contributed by atoms with Crippen molar-refractivity contribution in [3.8, 4) is 0 Å². The molecule has 0 bridgehead atoms. The minimum atomic E-state index is -0.750. The monoisotopic (exact) mass is 316 g/mol. The van der Waals surface area contributed by atoms with Crippen molar-refractivity contribution in [3.05, 3.63) is 44.6 Å². The average Bonchev–Trinajstić information content (AvgIpc) is 2.51. The third-order valence-electron chi connectivity index (χ3n) is 4.86. The normalized spacial score (nSPS) is 21.4. The summed E-state index contributed by atoms with van der Waals surface area (Å²) in [5.41, 5.74) is 0.744. The van der Waals surface area contributed by atoms with Gasteiger partial charge in [0.25, 0.3) is 5.56 Å². The molecule has 1 heterocycles. The number of hydrogen-bond acceptors (Lipinski definition) is 3. The predicted molar refractivity (Wildman–Crippen MR) is 86.6 cm³/mol. The molecule has 6 nitrogen and oxygen atoms in total. The Kier molecular flexibility index (Phi) is 4.07. The first-order valence-corrected chi connectivity index (χ1v) is 7.92. The maximum atomic E-state index is 12.7. The molecule has 0 aliphatic heterocycles. The number of aromatic nitrogens is 2. The van der Waals surface area contributed by atoms with E-state index in [1.807, 2.05) is 19.1 Å². The van der Waals surface area contributed by atoms with Gasteiger partial charge in [0.2, 0.25) is 0 Å². The number of carbonyl (C=O) groups is 1. The van der Waals surface area contributed by atoms with Crippen LogP contribution in [0.2, 0.25) is 0 Å². The van der Waals surface area contributed by atoms with E-state index in [0.717, 1.165) is 18.4 Å². The van der Waals surface area contributed by atoms with Gasteiger partial charge in [0, 0.05) is 6.54 Å². The Morgan fingerprint density at radius 1 is 1.26 bits per heavy atom. The van der Waals surface area contributed by atoms with Gasteiger partial charge in [0.05, 0.1) is 16.8 Å². The molecule has 0 radical (unpaired) electrons. The van der Waals surface area contributed by atoms with Crippen molar-refractivity contribution < 1.29 is 9.90 Å². The van der Waals surface area contributed by atoms with Crippen molar-refractivity contribution in [1.82, 2.24) is 9.55 Å². The van der Waals surface area contributed by atoms with Crippen molar-refractivity contribution in [2.45, 2.75) is 39.2 Å². The Morgan fingerprint density at radius 2 is 1.96 bits per heavy atom. The van der Waals surface area contributed by atoms with Crippen LogP contribution in [0, 0.1) is 18.8 Å². The van der Waals surface area contributed by atoms with E-state index in [0.29, 0.717) is 30.3 Å². The Balaban J connectivity index is 1.90. The van der Waals surface area contributed by atoms with Crippen LogP contribution in [0.5, 0.6) is 0 Å². The van der Waals surface area contributed by atoms with Crippen molar-refractivity contribution in [3.63, 3.8) is 0 Å². The quantitative estimate of drug-likeness (QED) is 0.904. The Hall–Kier alpha value is -2.37. The van der Waals surface area contributed by atoms with Crippen LogP contribution in [0.4, 0.5) is 0 Å². The third kappa shape index (κ3) is 2.93. The van der Waals surface area contributed by atoms with E-state index in [1.165, 1.54) is 4.57 Å². The van der Waals surface area contributed by atoms with Gasteiger partial charge in [-0.05, 0) is 50.2 Å². The number of nitrogens with zero attached hydrogens (tertiary/aromatic N) is 1. The smallest absolute Gasteiger partial charge is 0.328 e. The molecule has 3 rings (SSSR count). The highest BCUT2D eigenvalue weighted by Gasteiger charge is 2.26. The highest BCUT2D eigenvalue weighted by molar-refractivity contribution is 5.80. The lowest BCUT2D eigenvalue weighted by atomic mass is 9.82. The number of aliphatic carboxylic acids is 1. The molecule has 122 valence electrons. The van der Waals surface area contributed by atoms with Crippen LogP contribution in [-0.4, -0.2) is 20.6 Å².